The number of aromatic amines is 1. The number of hydrogen-bond donors (Lipinski definition) is 2. The molecule has 0 aromatic carbocycles. The molecule has 1 aromatic heterocycles. The molecule has 1 saturated carbocycles. The van der Waals surface area contributed by atoms with Gasteiger partial charge in [0.15, 0.2) is 0 Å². The highest BCUT2D eigenvalue weighted by atomic mass is 16.3. The van der Waals surface area contributed by atoms with E-state index in [1.54, 1.807) is 4.90 Å². The van der Waals surface area contributed by atoms with Crippen molar-refractivity contribution in [3.63, 3.8) is 0 Å². The number of aryl methyl sites for hydroxylation is 1. The number of hydrogen-bond acceptors (Lipinski definition) is 4. The summed E-state index contributed by atoms with van der Waals surface area (Å²) < 4.78 is 1.12. The Labute approximate surface area is 116 Å². The van der Waals surface area contributed by atoms with Crippen LogP contribution in [0.3, 0.4) is 0 Å². The lowest BCUT2D eigenvalue weighted by Crippen LogP contribution is -2.49. The second-order valence-electron chi connectivity index (χ2n) is 6.00. The first-order valence-corrected chi connectivity index (χ1v) is 7.12. The molecule has 2 atom stereocenters. The number of carbonyl (C=O) groups excluding carboxylic acids is 1. The Balaban J connectivity index is 1.80. The molecule has 1 aromatic rings. The Hall–Kier alpha value is -1.63. The molecule has 1 aliphatic carbocycles. The SMILES string of the molecule is Cn1nc(C(=O)N2CCC[C@@]3(CCC[C@H]3O)C2)[nH]c1=O. The third-order valence-electron chi connectivity index (χ3n) is 4.73. The number of aromatic nitrogens is 3. The number of aliphatic hydroxyl groups is 1. The van der Waals surface area contributed by atoms with Crippen molar-refractivity contribution in [2.45, 2.75) is 38.2 Å². The maximum atomic E-state index is 12.4. The van der Waals surface area contributed by atoms with Crippen molar-refractivity contribution in [3.8, 4) is 0 Å². The van der Waals surface area contributed by atoms with Gasteiger partial charge >= 0.3 is 5.69 Å². The van der Waals surface area contributed by atoms with Crippen LogP contribution in [0.1, 0.15) is 42.7 Å². The van der Waals surface area contributed by atoms with Gasteiger partial charge in [0.05, 0.1) is 6.10 Å². The topological polar surface area (TPSA) is 91.2 Å². The van der Waals surface area contributed by atoms with Crippen LogP contribution in [0.4, 0.5) is 0 Å². The van der Waals surface area contributed by atoms with E-state index >= 15 is 0 Å². The number of rotatable bonds is 1. The van der Waals surface area contributed by atoms with Gasteiger partial charge in [-0.2, -0.15) is 0 Å². The van der Waals surface area contributed by atoms with Crippen LogP contribution >= 0.6 is 0 Å². The molecule has 3 rings (SSSR count). The molecular formula is C13H20N4O3. The Morgan fingerprint density at radius 2 is 2.20 bits per heavy atom. The predicted octanol–water partition coefficient (Wildman–Crippen LogP) is -0.124. The number of carbonyl (C=O) groups is 1. The molecule has 0 radical (unpaired) electrons. The van der Waals surface area contributed by atoms with Crippen molar-refractivity contribution < 1.29 is 9.90 Å². The second-order valence-corrected chi connectivity index (χ2v) is 6.00. The van der Waals surface area contributed by atoms with Crippen LogP contribution < -0.4 is 5.69 Å². The summed E-state index contributed by atoms with van der Waals surface area (Å²) in [6.45, 7) is 1.22. The second kappa shape index (κ2) is 4.73. The van der Waals surface area contributed by atoms with E-state index in [0.29, 0.717) is 13.1 Å². The van der Waals surface area contributed by atoms with Gasteiger partial charge in [0.2, 0.25) is 5.82 Å². The zero-order valence-electron chi connectivity index (χ0n) is 11.6. The smallest absolute Gasteiger partial charge is 0.343 e. The molecule has 7 heteroatoms. The highest BCUT2D eigenvalue weighted by Crippen LogP contribution is 2.45. The summed E-state index contributed by atoms with van der Waals surface area (Å²) in [5.41, 5.74) is -0.538. The van der Waals surface area contributed by atoms with Crippen molar-refractivity contribution >= 4 is 5.91 Å². The zero-order chi connectivity index (χ0) is 14.3. The van der Waals surface area contributed by atoms with Gasteiger partial charge < -0.3 is 10.0 Å². The van der Waals surface area contributed by atoms with Crippen molar-refractivity contribution in [1.29, 1.82) is 0 Å². The Morgan fingerprint density at radius 1 is 1.45 bits per heavy atom. The minimum absolute atomic E-state index is 0.0852. The lowest BCUT2D eigenvalue weighted by Gasteiger charge is -2.42. The third-order valence-corrected chi connectivity index (χ3v) is 4.73. The maximum Gasteiger partial charge on any atom is 0.343 e. The molecule has 1 spiro atoms. The molecule has 1 aliphatic heterocycles. The van der Waals surface area contributed by atoms with Crippen molar-refractivity contribution in [3.05, 3.63) is 16.3 Å². The van der Waals surface area contributed by atoms with Crippen LogP contribution in [0.15, 0.2) is 4.79 Å². The fourth-order valence-electron chi connectivity index (χ4n) is 3.58. The van der Waals surface area contributed by atoms with Crippen LogP contribution in [-0.4, -0.2) is 49.9 Å². The third kappa shape index (κ3) is 2.06. The molecule has 2 aliphatic rings. The monoisotopic (exact) mass is 280 g/mol. The summed E-state index contributed by atoms with van der Waals surface area (Å²) in [7, 11) is 1.51. The minimum atomic E-state index is -0.388. The fourth-order valence-corrected chi connectivity index (χ4v) is 3.58. The van der Waals surface area contributed by atoms with E-state index in [4.69, 9.17) is 0 Å². The first-order chi connectivity index (χ1) is 9.52. The van der Waals surface area contributed by atoms with Gasteiger partial charge in [-0.05, 0) is 25.7 Å². The van der Waals surface area contributed by atoms with Gasteiger partial charge in [-0.1, -0.05) is 6.42 Å². The first-order valence-electron chi connectivity index (χ1n) is 7.12. The summed E-state index contributed by atoms with van der Waals surface area (Å²) in [6.07, 6.45) is 4.35. The molecule has 2 N–H and O–H groups in total. The summed E-state index contributed by atoms with van der Waals surface area (Å²) in [4.78, 5) is 28.0. The minimum Gasteiger partial charge on any atom is -0.392 e. The molecule has 20 heavy (non-hydrogen) atoms. The van der Waals surface area contributed by atoms with Gasteiger partial charge in [-0.15, -0.1) is 5.10 Å². The zero-order valence-corrected chi connectivity index (χ0v) is 11.6. The molecule has 2 fully saturated rings. The standard InChI is InChI=1S/C13H20N4O3/c1-16-12(20)14-10(15-16)11(19)17-7-3-6-13(8-17)5-2-4-9(13)18/h9,18H,2-8H2,1H3,(H,14,15,20)/t9-,13+/m1/s1. The van der Waals surface area contributed by atoms with Crippen molar-refractivity contribution in [2.24, 2.45) is 12.5 Å². The van der Waals surface area contributed by atoms with Crippen LogP contribution in [-0.2, 0) is 7.05 Å². The molecule has 0 bridgehead atoms. The number of likely N-dealkylation sites (tertiary alicyclic amines) is 1. The quantitative estimate of drug-likeness (QED) is 0.750. The number of aliphatic hydroxyl groups excluding tert-OH is 1. The highest BCUT2D eigenvalue weighted by molar-refractivity contribution is 5.90. The summed E-state index contributed by atoms with van der Waals surface area (Å²) in [5, 5.41) is 14.1. The molecule has 1 saturated heterocycles. The Morgan fingerprint density at radius 3 is 2.80 bits per heavy atom. The summed E-state index contributed by atoms with van der Waals surface area (Å²) >= 11 is 0. The van der Waals surface area contributed by atoms with Gasteiger partial charge in [0, 0.05) is 25.6 Å². The average Bonchev–Trinajstić information content (AvgIpc) is 2.94. The summed E-state index contributed by atoms with van der Waals surface area (Å²) in [5.74, 6) is -0.164. The van der Waals surface area contributed by atoms with Gasteiger partial charge in [-0.25, -0.2) is 9.48 Å². The van der Waals surface area contributed by atoms with E-state index in [0.717, 1.165) is 36.8 Å². The van der Waals surface area contributed by atoms with Crippen LogP contribution in [0.5, 0.6) is 0 Å². The largest absolute Gasteiger partial charge is 0.392 e. The lowest BCUT2D eigenvalue weighted by atomic mass is 9.76. The van der Waals surface area contributed by atoms with E-state index in [1.807, 2.05) is 0 Å². The van der Waals surface area contributed by atoms with Gasteiger partial charge in [0.25, 0.3) is 5.91 Å². The molecule has 2 heterocycles. The highest BCUT2D eigenvalue weighted by Gasteiger charge is 2.46. The molecule has 0 unspecified atom stereocenters. The maximum absolute atomic E-state index is 12.4. The number of nitrogens with one attached hydrogen (secondary N) is 1. The first kappa shape index (κ1) is 13.4. The normalized spacial score (nSPS) is 30.1. The van der Waals surface area contributed by atoms with Gasteiger partial charge in [-0.3, -0.25) is 9.78 Å². The molecule has 1 amide bonds. The van der Waals surface area contributed by atoms with Gasteiger partial charge in [0.1, 0.15) is 0 Å². The number of amides is 1. The molecular weight excluding hydrogens is 260 g/mol. The van der Waals surface area contributed by atoms with Crippen LogP contribution in [0.25, 0.3) is 0 Å². The van der Waals surface area contributed by atoms with E-state index in [2.05, 4.69) is 10.1 Å². The van der Waals surface area contributed by atoms with Crippen molar-refractivity contribution in [2.75, 3.05) is 13.1 Å². The molecule has 110 valence electrons. The predicted molar refractivity (Wildman–Crippen MR) is 71.3 cm³/mol. The van der Waals surface area contributed by atoms with E-state index in [-0.39, 0.29) is 28.9 Å². The Bertz CT molecular complexity index is 578. The lowest BCUT2D eigenvalue weighted by molar-refractivity contribution is -0.00577. The van der Waals surface area contributed by atoms with E-state index in [1.165, 1.54) is 7.05 Å². The number of nitrogens with zero attached hydrogens (tertiary/aromatic N) is 3. The summed E-state index contributed by atoms with van der Waals surface area (Å²) in [6, 6.07) is 0. The Kier molecular flexibility index (Phi) is 3.16. The van der Waals surface area contributed by atoms with Crippen LogP contribution in [0.2, 0.25) is 0 Å². The van der Waals surface area contributed by atoms with E-state index in [9.17, 15) is 14.7 Å². The van der Waals surface area contributed by atoms with E-state index < -0.39 is 0 Å². The average molecular weight is 280 g/mol. The number of H-pyrrole nitrogens is 1. The number of piperidine rings is 1. The van der Waals surface area contributed by atoms with Crippen LogP contribution in [0, 0.1) is 5.41 Å². The molecule has 7 nitrogen and oxygen atoms in total. The fraction of sp³-hybridized carbons (Fsp3) is 0.769. The van der Waals surface area contributed by atoms with Crippen molar-refractivity contribution in [1.82, 2.24) is 19.7 Å².